The van der Waals surface area contributed by atoms with Crippen molar-refractivity contribution in [2.24, 2.45) is 5.92 Å². The molecule has 1 aromatic rings. The Kier molecular flexibility index (Phi) is 6.39. The van der Waals surface area contributed by atoms with Gasteiger partial charge in [0.15, 0.2) is 0 Å². The van der Waals surface area contributed by atoms with E-state index in [1.165, 1.54) is 7.11 Å². The van der Waals surface area contributed by atoms with Gasteiger partial charge in [0.1, 0.15) is 5.69 Å². The molecule has 8 heteroatoms. The SMILES string of the molecule is COC(=O)c1c(C)[nH]c(C(=O)N2CCC(CC(=O)N3CCOCC3)CC2)c1C. The van der Waals surface area contributed by atoms with E-state index < -0.39 is 5.97 Å². The van der Waals surface area contributed by atoms with Gasteiger partial charge in [0.05, 0.1) is 25.9 Å². The normalized spacial score (nSPS) is 18.2. The fraction of sp³-hybridized carbons (Fsp3) is 0.650. The summed E-state index contributed by atoms with van der Waals surface area (Å²) in [7, 11) is 1.33. The Hall–Kier alpha value is -2.35. The van der Waals surface area contributed by atoms with Gasteiger partial charge in [-0.05, 0) is 38.2 Å². The summed E-state index contributed by atoms with van der Waals surface area (Å²) >= 11 is 0. The molecule has 2 saturated heterocycles. The molecule has 8 nitrogen and oxygen atoms in total. The molecule has 1 aromatic heterocycles. The number of methoxy groups -OCH3 is 1. The molecule has 0 unspecified atom stereocenters. The van der Waals surface area contributed by atoms with Gasteiger partial charge in [-0.25, -0.2) is 4.79 Å². The summed E-state index contributed by atoms with van der Waals surface area (Å²) in [5.41, 5.74) is 2.13. The highest BCUT2D eigenvalue weighted by molar-refractivity contribution is 6.00. The van der Waals surface area contributed by atoms with Crippen LogP contribution in [0.15, 0.2) is 0 Å². The fourth-order valence-corrected chi connectivity index (χ4v) is 4.06. The molecule has 0 saturated carbocycles. The van der Waals surface area contributed by atoms with E-state index in [9.17, 15) is 14.4 Å². The van der Waals surface area contributed by atoms with Crippen molar-refractivity contribution < 1.29 is 23.9 Å². The first-order valence-electron chi connectivity index (χ1n) is 9.84. The third-order valence-corrected chi connectivity index (χ3v) is 5.77. The topological polar surface area (TPSA) is 91.9 Å². The Labute approximate surface area is 165 Å². The number of nitrogens with zero attached hydrogens (tertiary/aromatic N) is 2. The second-order valence-electron chi connectivity index (χ2n) is 7.55. The Balaban J connectivity index is 1.57. The standard InChI is InChI=1S/C20H29N3O5/c1-13-17(20(26)27-3)14(2)21-18(13)19(25)23-6-4-15(5-7-23)12-16(24)22-8-10-28-11-9-22/h15,21H,4-12H2,1-3H3. The predicted octanol–water partition coefficient (Wildman–Crippen LogP) is 1.52. The van der Waals surface area contributed by atoms with Gasteiger partial charge in [-0.3, -0.25) is 9.59 Å². The van der Waals surface area contributed by atoms with Crippen molar-refractivity contribution in [3.63, 3.8) is 0 Å². The van der Waals surface area contributed by atoms with E-state index in [-0.39, 0.29) is 11.8 Å². The van der Waals surface area contributed by atoms with Crippen molar-refractivity contribution in [3.8, 4) is 0 Å². The van der Waals surface area contributed by atoms with E-state index >= 15 is 0 Å². The molecule has 0 spiro atoms. The second-order valence-corrected chi connectivity index (χ2v) is 7.55. The number of carbonyl (C=O) groups is 3. The molecule has 2 amide bonds. The molecule has 0 atom stereocenters. The molecule has 0 bridgehead atoms. The molecule has 3 heterocycles. The zero-order valence-corrected chi connectivity index (χ0v) is 16.9. The number of hydrogen-bond acceptors (Lipinski definition) is 5. The summed E-state index contributed by atoms with van der Waals surface area (Å²) < 4.78 is 10.1. The van der Waals surface area contributed by atoms with Crippen LogP contribution < -0.4 is 0 Å². The van der Waals surface area contributed by atoms with Gasteiger partial charge in [-0.1, -0.05) is 0 Å². The molecule has 1 N–H and O–H groups in total. The first-order chi connectivity index (χ1) is 13.4. The molecule has 0 aromatic carbocycles. The number of carbonyl (C=O) groups excluding carboxylic acids is 3. The number of likely N-dealkylation sites (tertiary alicyclic amines) is 1. The molecule has 154 valence electrons. The molecule has 2 aliphatic heterocycles. The van der Waals surface area contributed by atoms with Gasteiger partial charge in [0, 0.05) is 38.3 Å². The van der Waals surface area contributed by atoms with E-state index in [0.717, 1.165) is 12.8 Å². The van der Waals surface area contributed by atoms with Crippen LogP contribution in [0.3, 0.4) is 0 Å². The van der Waals surface area contributed by atoms with Gasteiger partial charge in [0.25, 0.3) is 5.91 Å². The number of esters is 1. The first-order valence-corrected chi connectivity index (χ1v) is 9.84. The largest absolute Gasteiger partial charge is 0.465 e. The number of morpholine rings is 1. The highest BCUT2D eigenvalue weighted by Crippen LogP contribution is 2.25. The fourth-order valence-electron chi connectivity index (χ4n) is 4.06. The van der Waals surface area contributed by atoms with Crippen LogP contribution in [-0.2, 0) is 14.3 Å². The Morgan fingerprint density at radius 3 is 2.32 bits per heavy atom. The summed E-state index contributed by atoms with van der Waals surface area (Å²) in [5.74, 6) is -0.0533. The van der Waals surface area contributed by atoms with E-state index in [4.69, 9.17) is 9.47 Å². The lowest BCUT2D eigenvalue weighted by Crippen LogP contribution is -2.43. The molecule has 2 aliphatic rings. The number of amides is 2. The summed E-state index contributed by atoms with van der Waals surface area (Å²) in [6.45, 7) is 7.32. The average molecular weight is 391 g/mol. The van der Waals surface area contributed by atoms with Crippen molar-refractivity contribution in [1.29, 1.82) is 0 Å². The average Bonchev–Trinajstić information content (AvgIpc) is 3.02. The number of aryl methyl sites for hydroxylation is 1. The van der Waals surface area contributed by atoms with Crippen LogP contribution in [0, 0.1) is 19.8 Å². The Morgan fingerprint density at radius 1 is 1.07 bits per heavy atom. The third kappa shape index (κ3) is 4.22. The minimum atomic E-state index is -0.439. The monoisotopic (exact) mass is 391 g/mol. The van der Waals surface area contributed by atoms with Crippen LogP contribution >= 0.6 is 0 Å². The van der Waals surface area contributed by atoms with Gasteiger partial charge >= 0.3 is 5.97 Å². The Morgan fingerprint density at radius 2 is 1.71 bits per heavy atom. The predicted molar refractivity (Wildman–Crippen MR) is 102 cm³/mol. The number of piperidine rings is 1. The highest BCUT2D eigenvalue weighted by Gasteiger charge is 2.30. The zero-order valence-electron chi connectivity index (χ0n) is 16.9. The summed E-state index contributed by atoms with van der Waals surface area (Å²) in [6, 6.07) is 0. The molecule has 0 aliphatic carbocycles. The van der Waals surface area contributed by atoms with E-state index in [1.807, 2.05) is 4.90 Å². The molecule has 0 radical (unpaired) electrons. The van der Waals surface area contributed by atoms with Crippen molar-refractivity contribution in [3.05, 3.63) is 22.5 Å². The molecule has 3 rings (SSSR count). The van der Waals surface area contributed by atoms with Crippen molar-refractivity contribution in [2.45, 2.75) is 33.1 Å². The highest BCUT2D eigenvalue weighted by atomic mass is 16.5. The summed E-state index contributed by atoms with van der Waals surface area (Å²) in [6.07, 6.45) is 2.16. The second kappa shape index (κ2) is 8.77. The van der Waals surface area contributed by atoms with Crippen LogP contribution in [-0.4, -0.2) is 79.1 Å². The lowest BCUT2D eigenvalue weighted by atomic mass is 9.92. The minimum absolute atomic E-state index is 0.103. The lowest BCUT2D eigenvalue weighted by molar-refractivity contribution is -0.136. The van der Waals surface area contributed by atoms with E-state index in [1.54, 1.807) is 18.7 Å². The number of hydrogen-bond donors (Lipinski definition) is 1. The van der Waals surface area contributed by atoms with Crippen LogP contribution in [0.5, 0.6) is 0 Å². The van der Waals surface area contributed by atoms with E-state index in [0.29, 0.717) is 74.2 Å². The van der Waals surface area contributed by atoms with Crippen LogP contribution in [0.25, 0.3) is 0 Å². The lowest BCUT2D eigenvalue weighted by Gasteiger charge is -2.33. The van der Waals surface area contributed by atoms with Crippen LogP contribution in [0.4, 0.5) is 0 Å². The van der Waals surface area contributed by atoms with Gasteiger partial charge in [0.2, 0.25) is 5.91 Å². The van der Waals surface area contributed by atoms with Crippen molar-refractivity contribution in [1.82, 2.24) is 14.8 Å². The van der Waals surface area contributed by atoms with Gasteiger partial charge < -0.3 is 24.3 Å². The minimum Gasteiger partial charge on any atom is -0.465 e. The maximum atomic E-state index is 12.9. The molecular formula is C20H29N3O5. The quantitative estimate of drug-likeness (QED) is 0.786. The number of ether oxygens (including phenoxy) is 2. The first kappa shape index (κ1) is 20.4. The zero-order chi connectivity index (χ0) is 20.3. The number of rotatable bonds is 4. The van der Waals surface area contributed by atoms with Crippen molar-refractivity contribution in [2.75, 3.05) is 46.5 Å². The van der Waals surface area contributed by atoms with Crippen LogP contribution in [0.2, 0.25) is 0 Å². The molecular weight excluding hydrogens is 362 g/mol. The number of aromatic nitrogens is 1. The van der Waals surface area contributed by atoms with Gasteiger partial charge in [-0.15, -0.1) is 0 Å². The van der Waals surface area contributed by atoms with Crippen LogP contribution in [0.1, 0.15) is 51.4 Å². The van der Waals surface area contributed by atoms with Crippen molar-refractivity contribution >= 4 is 17.8 Å². The maximum absolute atomic E-state index is 12.9. The number of nitrogens with one attached hydrogen (secondary N) is 1. The van der Waals surface area contributed by atoms with E-state index in [2.05, 4.69) is 4.98 Å². The summed E-state index contributed by atoms with van der Waals surface area (Å²) in [4.78, 5) is 44.0. The molecule has 2 fully saturated rings. The third-order valence-electron chi connectivity index (χ3n) is 5.77. The maximum Gasteiger partial charge on any atom is 0.339 e. The molecule has 28 heavy (non-hydrogen) atoms. The van der Waals surface area contributed by atoms with Gasteiger partial charge in [-0.2, -0.15) is 0 Å². The number of aromatic amines is 1. The Bertz CT molecular complexity index is 743. The summed E-state index contributed by atoms with van der Waals surface area (Å²) in [5, 5.41) is 0. The smallest absolute Gasteiger partial charge is 0.339 e. The number of H-pyrrole nitrogens is 1.